The first-order valence-electron chi connectivity index (χ1n) is 6.33. The Labute approximate surface area is 99.3 Å². The second-order valence-corrected chi connectivity index (χ2v) is 4.98. The molecule has 2 nitrogen and oxygen atoms in total. The van der Waals surface area contributed by atoms with Gasteiger partial charge in [-0.15, -0.1) is 0 Å². The molecule has 2 heteroatoms. The van der Waals surface area contributed by atoms with Crippen LogP contribution < -0.4 is 5.73 Å². The fraction of sp³-hybridized carbons (Fsp3) is 0.643. The highest BCUT2D eigenvalue weighted by Crippen LogP contribution is 2.11. The summed E-state index contributed by atoms with van der Waals surface area (Å²) in [4.78, 5) is 4.11. The summed E-state index contributed by atoms with van der Waals surface area (Å²) in [6, 6.07) is 4.45. The molecule has 0 spiro atoms. The molecule has 0 bridgehead atoms. The summed E-state index contributed by atoms with van der Waals surface area (Å²) in [7, 11) is 0. The number of rotatable bonds is 7. The Balaban J connectivity index is 2.13. The van der Waals surface area contributed by atoms with Gasteiger partial charge in [-0.05, 0) is 36.8 Å². The number of pyridine rings is 1. The predicted octanol–water partition coefficient (Wildman–Crippen LogP) is 3.17. The van der Waals surface area contributed by atoms with Crippen molar-refractivity contribution >= 4 is 0 Å². The van der Waals surface area contributed by atoms with Gasteiger partial charge in [0.1, 0.15) is 0 Å². The molecular weight excluding hydrogens is 196 g/mol. The van der Waals surface area contributed by atoms with Crippen LogP contribution in [0, 0.1) is 5.92 Å². The van der Waals surface area contributed by atoms with E-state index in [1.54, 1.807) is 0 Å². The second-order valence-electron chi connectivity index (χ2n) is 4.98. The number of nitrogens with zero attached hydrogens (tertiary/aromatic N) is 1. The predicted molar refractivity (Wildman–Crippen MR) is 69.2 cm³/mol. The molecule has 0 aliphatic heterocycles. The number of aryl methyl sites for hydroxylation is 1. The first kappa shape index (κ1) is 13.2. The molecule has 0 saturated heterocycles. The average Bonchev–Trinajstić information content (AvgIpc) is 2.27. The summed E-state index contributed by atoms with van der Waals surface area (Å²) in [5, 5.41) is 0. The van der Waals surface area contributed by atoms with Crippen LogP contribution in [0.25, 0.3) is 0 Å². The van der Waals surface area contributed by atoms with Crippen molar-refractivity contribution < 1.29 is 0 Å². The van der Waals surface area contributed by atoms with Crippen LogP contribution >= 0.6 is 0 Å². The van der Waals surface area contributed by atoms with Gasteiger partial charge in [0.2, 0.25) is 0 Å². The van der Waals surface area contributed by atoms with E-state index in [0.717, 1.165) is 25.2 Å². The molecule has 0 amide bonds. The van der Waals surface area contributed by atoms with Crippen LogP contribution in [0.5, 0.6) is 0 Å². The summed E-state index contributed by atoms with van der Waals surface area (Å²) in [6.45, 7) is 4.53. The van der Waals surface area contributed by atoms with Crippen molar-refractivity contribution in [2.75, 3.05) is 0 Å². The van der Waals surface area contributed by atoms with E-state index in [9.17, 15) is 0 Å². The average molecular weight is 220 g/mol. The first-order valence-corrected chi connectivity index (χ1v) is 6.33. The normalized spacial score (nSPS) is 13.0. The van der Waals surface area contributed by atoms with E-state index in [1.165, 1.54) is 18.4 Å². The van der Waals surface area contributed by atoms with Gasteiger partial charge in [-0.2, -0.15) is 0 Å². The molecule has 0 aliphatic rings. The van der Waals surface area contributed by atoms with Gasteiger partial charge in [-0.3, -0.25) is 4.98 Å². The van der Waals surface area contributed by atoms with Crippen molar-refractivity contribution in [3.05, 3.63) is 30.1 Å². The van der Waals surface area contributed by atoms with Gasteiger partial charge in [0.05, 0.1) is 0 Å². The van der Waals surface area contributed by atoms with Gasteiger partial charge in [0, 0.05) is 18.4 Å². The Bertz CT molecular complexity index is 269. The van der Waals surface area contributed by atoms with Gasteiger partial charge >= 0.3 is 0 Å². The Morgan fingerprint density at radius 1 is 1.25 bits per heavy atom. The third kappa shape index (κ3) is 5.86. The highest BCUT2D eigenvalue weighted by Gasteiger charge is 2.04. The van der Waals surface area contributed by atoms with Crippen molar-refractivity contribution in [3.8, 4) is 0 Å². The molecule has 1 atom stereocenters. The number of nitrogens with two attached hydrogens (primary N) is 1. The highest BCUT2D eigenvalue weighted by atomic mass is 14.6. The van der Waals surface area contributed by atoms with Crippen molar-refractivity contribution in [2.45, 2.75) is 52.0 Å². The molecule has 16 heavy (non-hydrogen) atoms. The first-order chi connectivity index (χ1) is 7.68. The molecule has 1 aromatic rings. The lowest BCUT2D eigenvalue weighted by Crippen LogP contribution is -2.20. The minimum Gasteiger partial charge on any atom is -0.328 e. The van der Waals surface area contributed by atoms with Gasteiger partial charge < -0.3 is 5.73 Å². The van der Waals surface area contributed by atoms with Crippen LogP contribution in [0.3, 0.4) is 0 Å². The van der Waals surface area contributed by atoms with Gasteiger partial charge in [0.15, 0.2) is 0 Å². The van der Waals surface area contributed by atoms with E-state index >= 15 is 0 Å². The molecule has 0 aromatic carbocycles. The Kier molecular flexibility index (Phi) is 6.09. The highest BCUT2D eigenvalue weighted by molar-refractivity contribution is 5.08. The zero-order chi connectivity index (χ0) is 11.8. The van der Waals surface area contributed by atoms with E-state index in [1.807, 2.05) is 18.5 Å². The largest absolute Gasteiger partial charge is 0.328 e. The van der Waals surface area contributed by atoms with Crippen molar-refractivity contribution in [1.29, 1.82) is 0 Å². The maximum absolute atomic E-state index is 6.09. The van der Waals surface area contributed by atoms with E-state index in [4.69, 9.17) is 5.73 Å². The minimum atomic E-state index is 0.346. The zero-order valence-corrected chi connectivity index (χ0v) is 10.5. The van der Waals surface area contributed by atoms with E-state index in [-0.39, 0.29) is 0 Å². The summed E-state index contributed by atoms with van der Waals surface area (Å²) in [5.41, 5.74) is 7.38. The maximum Gasteiger partial charge on any atom is 0.0299 e. The standard InChI is InChI=1S/C14H24N2/c1-12(2)5-3-7-14(15)9-8-13-6-4-10-16-11-13/h4,6,10-12,14H,3,5,7-9,15H2,1-2H3. The van der Waals surface area contributed by atoms with Crippen LogP contribution in [0.2, 0.25) is 0 Å². The second kappa shape index (κ2) is 7.39. The third-order valence-corrected chi connectivity index (χ3v) is 2.88. The Morgan fingerprint density at radius 3 is 2.69 bits per heavy atom. The smallest absolute Gasteiger partial charge is 0.0299 e. The monoisotopic (exact) mass is 220 g/mol. The van der Waals surface area contributed by atoms with Crippen molar-refractivity contribution in [3.63, 3.8) is 0 Å². The van der Waals surface area contributed by atoms with Gasteiger partial charge in [-0.1, -0.05) is 32.8 Å². The number of aromatic nitrogens is 1. The lowest BCUT2D eigenvalue weighted by atomic mass is 9.99. The van der Waals surface area contributed by atoms with E-state index in [2.05, 4.69) is 24.9 Å². The fourth-order valence-corrected chi connectivity index (χ4v) is 1.83. The molecule has 0 radical (unpaired) electrons. The summed E-state index contributed by atoms with van der Waals surface area (Å²) < 4.78 is 0. The summed E-state index contributed by atoms with van der Waals surface area (Å²) >= 11 is 0. The molecule has 1 unspecified atom stereocenters. The summed E-state index contributed by atoms with van der Waals surface area (Å²) in [5.74, 6) is 0.797. The van der Waals surface area contributed by atoms with E-state index in [0.29, 0.717) is 6.04 Å². The van der Waals surface area contributed by atoms with Crippen molar-refractivity contribution in [2.24, 2.45) is 11.7 Å². The van der Waals surface area contributed by atoms with Crippen molar-refractivity contribution in [1.82, 2.24) is 4.98 Å². The topological polar surface area (TPSA) is 38.9 Å². The molecule has 0 aliphatic carbocycles. The number of hydrogen-bond acceptors (Lipinski definition) is 2. The summed E-state index contributed by atoms with van der Waals surface area (Å²) in [6.07, 6.45) is 9.57. The van der Waals surface area contributed by atoms with Crippen LogP contribution in [0.1, 0.15) is 45.1 Å². The molecule has 1 rings (SSSR count). The number of hydrogen-bond donors (Lipinski definition) is 1. The molecule has 90 valence electrons. The van der Waals surface area contributed by atoms with Crippen LogP contribution in [-0.2, 0) is 6.42 Å². The molecular formula is C14H24N2. The Hall–Kier alpha value is -0.890. The van der Waals surface area contributed by atoms with Gasteiger partial charge in [-0.25, -0.2) is 0 Å². The lowest BCUT2D eigenvalue weighted by Gasteiger charge is -2.12. The van der Waals surface area contributed by atoms with Crippen LogP contribution in [-0.4, -0.2) is 11.0 Å². The Morgan fingerprint density at radius 2 is 2.06 bits per heavy atom. The SMILES string of the molecule is CC(C)CCCC(N)CCc1cccnc1. The molecule has 2 N–H and O–H groups in total. The van der Waals surface area contributed by atoms with Gasteiger partial charge in [0.25, 0.3) is 0 Å². The van der Waals surface area contributed by atoms with Crippen LogP contribution in [0.15, 0.2) is 24.5 Å². The molecule has 0 fully saturated rings. The third-order valence-electron chi connectivity index (χ3n) is 2.88. The maximum atomic E-state index is 6.09. The molecule has 1 heterocycles. The zero-order valence-electron chi connectivity index (χ0n) is 10.5. The van der Waals surface area contributed by atoms with E-state index < -0.39 is 0 Å². The fourth-order valence-electron chi connectivity index (χ4n) is 1.83. The molecule has 0 saturated carbocycles. The minimum absolute atomic E-state index is 0.346. The lowest BCUT2D eigenvalue weighted by molar-refractivity contribution is 0.482. The quantitative estimate of drug-likeness (QED) is 0.766. The molecule has 1 aromatic heterocycles. The van der Waals surface area contributed by atoms with Crippen LogP contribution in [0.4, 0.5) is 0 Å².